The van der Waals surface area contributed by atoms with Crippen LogP contribution in [-0.2, 0) is 4.79 Å². The maximum absolute atomic E-state index is 13.1. The third kappa shape index (κ3) is 7.15. The van der Waals surface area contributed by atoms with Crippen molar-refractivity contribution in [2.45, 2.75) is 117 Å². The Bertz CT molecular complexity index is 963. The maximum atomic E-state index is 13.1. The zero-order valence-electron chi connectivity index (χ0n) is 24.0. The fourth-order valence-corrected chi connectivity index (χ4v) is 7.41. The van der Waals surface area contributed by atoms with E-state index in [1.165, 1.54) is 74.1 Å². The highest BCUT2D eigenvalue weighted by atomic mass is 32.2. The van der Waals surface area contributed by atoms with E-state index < -0.39 is 0 Å². The quantitative estimate of drug-likeness (QED) is 0.164. The monoisotopic (exact) mass is 527 g/mol. The van der Waals surface area contributed by atoms with Crippen LogP contribution in [0.5, 0.6) is 11.5 Å². The van der Waals surface area contributed by atoms with Gasteiger partial charge in [0.15, 0.2) is 0 Å². The molecule has 3 aliphatic rings. The minimum Gasteiger partial charge on any atom is -0.482 e. The van der Waals surface area contributed by atoms with E-state index in [-0.39, 0.29) is 11.6 Å². The van der Waals surface area contributed by atoms with Crippen LogP contribution in [0.3, 0.4) is 0 Å². The van der Waals surface area contributed by atoms with E-state index in [0.717, 1.165) is 42.9 Å². The lowest BCUT2D eigenvalue weighted by atomic mass is 9.83. The molecule has 0 radical (unpaired) electrons. The number of allylic oxidation sites excluding steroid dienone is 1. The summed E-state index contributed by atoms with van der Waals surface area (Å²) < 4.78 is 12.9. The molecule has 0 aromatic heterocycles. The van der Waals surface area contributed by atoms with E-state index >= 15 is 0 Å². The summed E-state index contributed by atoms with van der Waals surface area (Å²) in [6.45, 7) is 14.6. The standard InChI is InChI=1S/C32H49NO3S/c1-6-7-9-14-23(2)24(3)25-21-27(35-29(34)16-12-19-33-17-10-8-11-18-33)30-26-15-13-20-37-31(26)32(4,5)36-28(30)22-25/h21-24H,6-20H2,1-5H3. The molecule has 1 aromatic rings. The number of unbranched alkanes of at least 4 members (excludes halogenated alkanes) is 2. The summed E-state index contributed by atoms with van der Waals surface area (Å²) in [7, 11) is 0. The molecule has 4 nitrogen and oxygen atoms in total. The largest absolute Gasteiger partial charge is 0.482 e. The van der Waals surface area contributed by atoms with Crippen molar-refractivity contribution in [3.05, 3.63) is 28.2 Å². The van der Waals surface area contributed by atoms with Gasteiger partial charge in [0, 0.05) is 11.3 Å². The Balaban J connectivity index is 1.58. The molecule has 0 N–H and O–H groups in total. The molecule has 5 heteroatoms. The van der Waals surface area contributed by atoms with Crippen molar-refractivity contribution < 1.29 is 14.3 Å². The second-order valence-corrected chi connectivity index (χ2v) is 13.1. The zero-order valence-corrected chi connectivity index (χ0v) is 24.8. The molecule has 3 aliphatic heterocycles. The van der Waals surface area contributed by atoms with Gasteiger partial charge in [-0.25, -0.2) is 0 Å². The van der Waals surface area contributed by atoms with Crippen molar-refractivity contribution in [1.29, 1.82) is 0 Å². The predicted octanol–water partition coefficient (Wildman–Crippen LogP) is 8.59. The Hall–Kier alpha value is -1.46. The molecule has 0 amide bonds. The van der Waals surface area contributed by atoms with Gasteiger partial charge in [0.1, 0.15) is 17.1 Å². The number of carbonyl (C=O) groups is 1. The summed E-state index contributed by atoms with van der Waals surface area (Å²) in [6.07, 6.45) is 12.4. The summed E-state index contributed by atoms with van der Waals surface area (Å²) in [5, 5.41) is 0. The van der Waals surface area contributed by atoms with E-state index in [1.54, 1.807) is 0 Å². The predicted molar refractivity (Wildman–Crippen MR) is 157 cm³/mol. The number of carbonyl (C=O) groups excluding carboxylic acids is 1. The van der Waals surface area contributed by atoms with Crippen molar-refractivity contribution in [3.63, 3.8) is 0 Å². The molecular weight excluding hydrogens is 478 g/mol. The molecule has 4 rings (SSSR count). The number of piperidine rings is 1. The molecule has 1 fully saturated rings. The van der Waals surface area contributed by atoms with E-state index in [1.807, 2.05) is 11.8 Å². The molecule has 1 aromatic carbocycles. The maximum Gasteiger partial charge on any atom is 0.311 e. The fraction of sp³-hybridized carbons (Fsp3) is 0.719. The van der Waals surface area contributed by atoms with Gasteiger partial charge in [0.25, 0.3) is 0 Å². The van der Waals surface area contributed by atoms with Gasteiger partial charge in [-0.15, -0.1) is 11.8 Å². The van der Waals surface area contributed by atoms with Crippen LogP contribution in [0.2, 0.25) is 0 Å². The van der Waals surface area contributed by atoms with E-state index in [9.17, 15) is 4.79 Å². The minimum absolute atomic E-state index is 0.115. The molecule has 206 valence electrons. The molecule has 2 unspecified atom stereocenters. The van der Waals surface area contributed by atoms with Crippen molar-refractivity contribution in [1.82, 2.24) is 4.90 Å². The number of benzene rings is 1. The average Bonchev–Trinajstić information content (AvgIpc) is 2.88. The highest BCUT2D eigenvalue weighted by Crippen LogP contribution is 2.53. The number of hydrogen-bond donors (Lipinski definition) is 0. The number of thioether (sulfide) groups is 1. The number of rotatable bonds is 11. The summed E-state index contributed by atoms with van der Waals surface area (Å²) in [6, 6.07) is 4.41. The molecular formula is C32H49NO3S. The highest BCUT2D eigenvalue weighted by molar-refractivity contribution is 8.03. The number of likely N-dealkylation sites (tertiary alicyclic amines) is 1. The summed E-state index contributed by atoms with van der Waals surface area (Å²) in [5.74, 6) is 3.56. The SMILES string of the molecule is CCCCCC(C)C(C)c1cc(OC(=O)CCCN2CCCCC2)c2c(c1)OC(C)(C)C1=C2CCCS1. The fourth-order valence-electron chi connectivity index (χ4n) is 6.15. The van der Waals surface area contributed by atoms with Crippen LogP contribution in [-0.4, -0.2) is 41.9 Å². The van der Waals surface area contributed by atoms with Crippen LogP contribution in [0.15, 0.2) is 17.0 Å². The van der Waals surface area contributed by atoms with Crippen molar-refractivity contribution >= 4 is 23.3 Å². The second-order valence-electron chi connectivity index (χ2n) is 12.0. The van der Waals surface area contributed by atoms with Crippen molar-refractivity contribution in [2.75, 3.05) is 25.4 Å². The van der Waals surface area contributed by atoms with E-state index in [2.05, 4.69) is 51.7 Å². The lowest BCUT2D eigenvalue weighted by Crippen LogP contribution is -2.35. The Morgan fingerprint density at radius 2 is 1.89 bits per heavy atom. The summed E-state index contributed by atoms with van der Waals surface area (Å²) >= 11 is 1.91. The van der Waals surface area contributed by atoms with Crippen LogP contribution >= 0.6 is 11.8 Å². The van der Waals surface area contributed by atoms with Gasteiger partial charge < -0.3 is 14.4 Å². The van der Waals surface area contributed by atoms with Gasteiger partial charge in [-0.1, -0.05) is 52.9 Å². The Morgan fingerprint density at radius 1 is 1.11 bits per heavy atom. The molecule has 2 atom stereocenters. The van der Waals surface area contributed by atoms with Gasteiger partial charge in [-0.2, -0.15) is 0 Å². The van der Waals surface area contributed by atoms with Gasteiger partial charge in [0.2, 0.25) is 0 Å². The van der Waals surface area contributed by atoms with Crippen LogP contribution in [0.1, 0.15) is 122 Å². The number of hydrogen-bond acceptors (Lipinski definition) is 5. The average molecular weight is 528 g/mol. The molecule has 37 heavy (non-hydrogen) atoms. The molecule has 0 bridgehead atoms. The minimum atomic E-state index is -0.349. The number of esters is 1. The van der Waals surface area contributed by atoms with Crippen molar-refractivity contribution in [2.24, 2.45) is 5.92 Å². The first-order valence-corrected chi connectivity index (χ1v) is 16.0. The number of fused-ring (bicyclic) bond motifs is 2. The van der Waals surface area contributed by atoms with Crippen LogP contribution in [0, 0.1) is 5.92 Å². The lowest BCUT2D eigenvalue weighted by Gasteiger charge is -2.39. The third-order valence-electron chi connectivity index (χ3n) is 8.56. The Labute approximate surface area is 229 Å². The van der Waals surface area contributed by atoms with Crippen molar-refractivity contribution in [3.8, 4) is 11.5 Å². The van der Waals surface area contributed by atoms with Gasteiger partial charge in [-0.05, 0) is 106 Å². The first kappa shape index (κ1) is 28.5. The van der Waals surface area contributed by atoms with Gasteiger partial charge >= 0.3 is 5.97 Å². The lowest BCUT2D eigenvalue weighted by molar-refractivity contribution is -0.134. The molecule has 3 heterocycles. The first-order valence-electron chi connectivity index (χ1n) is 15.0. The summed E-state index contributed by atoms with van der Waals surface area (Å²) in [4.78, 5) is 16.9. The second kappa shape index (κ2) is 13.1. The van der Waals surface area contributed by atoms with Gasteiger partial charge in [-0.3, -0.25) is 4.79 Å². The first-order chi connectivity index (χ1) is 17.8. The van der Waals surface area contributed by atoms with E-state index in [0.29, 0.717) is 24.0 Å². The van der Waals surface area contributed by atoms with E-state index in [4.69, 9.17) is 9.47 Å². The zero-order chi connectivity index (χ0) is 26.4. The van der Waals surface area contributed by atoms with Crippen LogP contribution in [0.25, 0.3) is 5.57 Å². The van der Waals surface area contributed by atoms with Crippen LogP contribution in [0.4, 0.5) is 0 Å². The Kier molecular flexibility index (Phi) is 10.1. The number of nitrogens with zero attached hydrogens (tertiary/aromatic N) is 1. The topological polar surface area (TPSA) is 38.8 Å². The highest BCUT2D eigenvalue weighted by Gasteiger charge is 2.39. The molecule has 1 saturated heterocycles. The smallest absolute Gasteiger partial charge is 0.311 e. The molecule has 0 aliphatic carbocycles. The third-order valence-corrected chi connectivity index (χ3v) is 10.1. The Morgan fingerprint density at radius 3 is 2.65 bits per heavy atom. The van der Waals surface area contributed by atoms with Gasteiger partial charge in [0.05, 0.1) is 5.56 Å². The van der Waals surface area contributed by atoms with Crippen LogP contribution < -0.4 is 9.47 Å². The summed E-state index contributed by atoms with van der Waals surface area (Å²) in [5.41, 5.74) is 3.23. The number of ether oxygens (including phenoxy) is 2. The normalized spacial score (nSPS) is 21.0. The molecule has 0 spiro atoms. The molecule has 0 saturated carbocycles.